The van der Waals surface area contributed by atoms with Crippen LogP contribution in [-0.2, 0) is 6.42 Å². The third kappa shape index (κ3) is 2.90. The van der Waals surface area contributed by atoms with Crippen molar-refractivity contribution in [3.63, 3.8) is 0 Å². The molecule has 1 heterocycles. The van der Waals surface area contributed by atoms with Crippen LogP contribution in [0.1, 0.15) is 17.2 Å². The van der Waals surface area contributed by atoms with Crippen LogP contribution in [0.4, 0.5) is 8.78 Å². The second-order valence-electron chi connectivity index (χ2n) is 4.92. The Morgan fingerprint density at radius 2 is 1.86 bits per heavy atom. The Balaban J connectivity index is 1.87. The maximum absolute atomic E-state index is 13.6. The molecule has 0 radical (unpaired) electrons. The van der Waals surface area contributed by atoms with Crippen molar-refractivity contribution in [2.75, 3.05) is 0 Å². The summed E-state index contributed by atoms with van der Waals surface area (Å²) in [4.78, 5) is 4.27. The molecule has 3 rings (SSSR count). The number of hydrogen-bond acceptors (Lipinski definition) is 2. The van der Waals surface area contributed by atoms with Crippen molar-refractivity contribution in [2.24, 2.45) is 0 Å². The Bertz CT molecular complexity index is 789. The molecular formula is C17H13F2NO. The van der Waals surface area contributed by atoms with Crippen LogP contribution in [0, 0.1) is 11.6 Å². The molecule has 4 heteroatoms. The molecule has 0 bridgehead atoms. The van der Waals surface area contributed by atoms with E-state index < -0.39 is 17.7 Å². The van der Waals surface area contributed by atoms with Crippen LogP contribution >= 0.6 is 0 Å². The van der Waals surface area contributed by atoms with Crippen LogP contribution < -0.4 is 0 Å². The molecule has 1 atom stereocenters. The van der Waals surface area contributed by atoms with Gasteiger partial charge in [0.05, 0.1) is 11.6 Å². The average molecular weight is 285 g/mol. The molecule has 1 N–H and O–H groups in total. The smallest absolute Gasteiger partial charge is 0.129 e. The quantitative estimate of drug-likeness (QED) is 0.794. The van der Waals surface area contributed by atoms with Gasteiger partial charge in [0, 0.05) is 24.1 Å². The highest BCUT2D eigenvalue weighted by molar-refractivity contribution is 5.78. The van der Waals surface area contributed by atoms with Gasteiger partial charge in [-0.05, 0) is 29.3 Å². The largest absolute Gasteiger partial charge is 0.388 e. The molecule has 0 amide bonds. The highest BCUT2D eigenvalue weighted by Gasteiger charge is 2.13. The molecule has 2 nitrogen and oxygen atoms in total. The van der Waals surface area contributed by atoms with Crippen molar-refractivity contribution in [2.45, 2.75) is 12.5 Å². The van der Waals surface area contributed by atoms with Crippen LogP contribution in [0.15, 0.2) is 54.7 Å². The van der Waals surface area contributed by atoms with Crippen molar-refractivity contribution in [1.29, 1.82) is 0 Å². The predicted molar refractivity (Wildman–Crippen MR) is 76.8 cm³/mol. The van der Waals surface area contributed by atoms with Crippen LogP contribution in [0.25, 0.3) is 10.9 Å². The van der Waals surface area contributed by atoms with E-state index in [-0.39, 0.29) is 12.0 Å². The van der Waals surface area contributed by atoms with Gasteiger partial charge >= 0.3 is 0 Å². The Kier molecular flexibility index (Phi) is 3.62. The zero-order chi connectivity index (χ0) is 14.8. The highest BCUT2D eigenvalue weighted by Crippen LogP contribution is 2.22. The first-order chi connectivity index (χ1) is 10.1. The van der Waals surface area contributed by atoms with E-state index in [2.05, 4.69) is 4.98 Å². The first-order valence-corrected chi connectivity index (χ1v) is 6.60. The topological polar surface area (TPSA) is 33.1 Å². The minimum atomic E-state index is -0.887. The summed E-state index contributed by atoms with van der Waals surface area (Å²) in [5, 5.41) is 11.1. The third-order valence-corrected chi connectivity index (χ3v) is 3.42. The van der Waals surface area contributed by atoms with E-state index in [1.54, 1.807) is 6.20 Å². The number of halogens is 2. The van der Waals surface area contributed by atoms with E-state index in [1.165, 1.54) is 12.1 Å². The van der Waals surface area contributed by atoms with Crippen molar-refractivity contribution in [1.82, 2.24) is 4.98 Å². The molecule has 106 valence electrons. The van der Waals surface area contributed by atoms with Gasteiger partial charge in [-0.2, -0.15) is 0 Å². The molecule has 1 aromatic heterocycles. The van der Waals surface area contributed by atoms with Gasteiger partial charge in [0.25, 0.3) is 0 Å². The fourth-order valence-corrected chi connectivity index (χ4v) is 2.28. The first kappa shape index (κ1) is 13.6. The number of nitrogens with zero attached hydrogens (tertiary/aromatic N) is 1. The van der Waals surface area contributed by atoms with Crippen LogP contribution in [0.2, 0.25) is 0 Å². The van der Waals surface area contributed by atoms with Gasteiger partial charge in [0.1, 0.15) is 11.6 Å². The summed E-state index contributed by atoms with van der Waals surface area (Å²) in [7, 11) is 0. The normalized spacial score (nSPS) is 12.5. The maximum atomic E-state index is 13.6. The van der Waals surface area contributed by atoms with E-state index in [9.17, 15) is 13.9 Å². The van der Waals surface area contributed by atoms with Gasteiger partial charge < -0.3 is 5.11 Å². The summed E-state index contributed by atoms with van der Waals surface area (Å²) in [5.74, 6) is -1.28. The summed E-state index contributed by atoms with van der Waals surface area (Å²) in [6.45, 7) is 0. The van der Waals surface area contributed by atoms with Crippen LogP contribution in [0.5, 0.6) is 0 Å². The van der Waals surface area contributed by atoms with Gasteiger partial charge in [-0.1, -0.05) is 24.3 Å². The molecular weight excluding hydrogens is 272 g/mol. The zero-order valence-electron chi connectivity index (χ0n) is 11.1. The minimum absolute atomic E-state index is 0.0755. The Morgan fingerprint density at radius 1 is 1.05 bits per heavy atom. The van der Waals surface area contributed by atoms with Crippen LogP contribution in [-0.4, -0.2) is 10.1 Å². The number of fused-ring (bicyclic) bond motifs is 1. The molecule has 0 aliphatic heterocycles. The second-order valence-corrected chi connectivity index (χ2v) is 4.92. The number of aliphatic hydroxyl groups excluding tert-OH is 1. The molecule has 1 unspecified atom stereocenters. The SMILES string of the molecule is OC(Cc1ccc(F)cc1F)c1cnc2ccccc2c1. The maximum Gasteiger partial charge on any atom is 0.129 e. The second kappa shape index (κ2) is 5.58. The number of aliphatic hydroxyl groups is 1. The molecule has 0 saturated heterocycles. The van der Waals surface area contributed by atoms with E-state index in [0.717, 1.165) is 17.0 Å². The summed E-state index contributed by atoms with van der Waals surface area (Å²) >= 11 is 0. The molecule has 2 aromatic carbocycles. The van der Waals surface area contributed by atoms with E-state index in [0.29, 0.717) is 5.56 Å². The monoisotopic (exact) mass is 285 g/mol. The lowest BCUT2D eigenvalue weighted by atomic mass is 10.0. The Morgan fingerprint density at radius 3 is 2.67 bits per heavy atom. The standard InChI is InChI=1S/C17H13F2NO/c18-14-6-5-11(15(19)9-14)8-17(21)13-7-12-3-1-2-4-16(12)20-10-13/h1-7,9-10,17,21H,8H2. The van der Waals surface area contributed by atoms with Crippen molar-refractivity contribution < 1.29 is 13.9 Å². The summed E-state index contributed by atoms with van der Waals surface area (Å²) in [6, 6.07) is 12.7. The van der Waals surface area contributed by atoms with Crippen molar-refractivity contribution >= 4 is 10.9 Å². The average Bonchev–Trinajstić information content (AvgIpc) is 2.49. The zero-order valence-corrected chi connectivity index (χ0v) is 11.1. The fourth-order valence-electron chi connectivity index (χ4n) is 2.28. The van der Waals surface area contributed by atoms with Gasteiger partial charge in [0.15, 0.2) is 0 Å². The van der Waals surface area contributed by atoms with E-state index in [1.807, 2.05) is 30.3 Å². The summed E-state index contributed by atoms with van der Waals surface area (Å²) in [5.41, 5.74) is 1.72. The molecule has 0 aliphatic rings. The molecule has 0 saturated carbocycles. The minimum Gasteiger partial charge on any atom is -0.388 e. The number of aromatic nitrogens is 1. The number of pyridine rings is 1. The third-order valence-electron chi connectivity index (χ3n) is 3.42. The van der Waals surface area contributed by atoms with Gasteiger partial charge in [-0.25, -0.2) is 8.78 Å². The van der Waals surface area contributed by atoms with E-state index in [4.69, 9.17) is 0 Å². The number of hydrogen-bond donors (Lipinski definition) is 1. The van der Waals surface area contributed by atoms with Gasteiger partial charge in [0.2, 0.25) is 0 Å². The Labute approximate surface area is 120 Å². The Hall–Kier alpha value is -2.33. The molecule has 0 spiro atoms. The van der Waals surface area contributed by atoms with Crippen molar-refractivity contribution in [3.8, 4) is 0 Å². The number of para-hydroxylation sites is 1. The lowest BCUT2D eigenvalue weighted by molar-refractivity contribution is 0.177. The lowest BCUT2D eigenvalue weighted by Gasteiger charge is -2.12. The molecule has 3 aromatic rings. The highest BCUT2D eigenvalue weighted by atomic mass is 19.1. The lowest BCUT2D eigenvalue weighted by Crippen LogP contribution is -2.04. The number of rotatable bonds is 3. The van der Waals surface area contributed by atoms with Gasteiger partial charge in [-0.3, -0.25) is 4.98 Å². The molecule has 0 aliphatic carbocycles. The summed E-state index contributed by atoms with van der Waals surface area (Å²) < 4.78 is 26.5. The first-order valence-electron chi connectivity index (χ1n) is 6.60. The predicted octanol–water partition coefficient (Wildman–Crippen LogP) is 3.79. The molecule has 0 fully saturated rings. The molecule has 21 heavy (non-hydrogen) atoms. The van der Waals surface area contributed by atoms with Crippen LogP contribution in [0.3, 0.4) is 0 Å². The fraction of sp³-hybridized carbons (Fsp3) is 0.118. The van der Waals surface area contributed by atoms with Crippen molar-refractivity contribution in [3.05, 3.63) is 77.5 Å². The summed E-state index contributed by atoms with van der Waals surface area (Å²) in [6.07, 6.45) is 0.766. The van der Waals surface area contributed by atoms with Gasteiger partial charge in [-0.15, -0.1) is 0 Å². The van der Waals surface area contributed by atoms with E-state index >= 15 is 0 Å². The number of benzene rings is 2.